The molecular formula is C17H14. The van der Waals surface area contributed by atoms with E-state index in [-0.39, 0.29) is 0 Å². The topological polar surface area (TPSA) is 0 Å². The molecule has 1 unspecified atom stereocenters. The molecule has 0 fully saturated rings. The standard InChI is InChI=1S/C17H14/c1-11-10-14-6-2-4-12-8-9-13-5-3-7-15(11)17(13)16(12)14/h2-9,14H,10H2,1H3. The summed E-state index contributed by atoms with van der Waals surface area (Å²) < 4.78 is 0. The van der Waals surface area contributed by atoms with Crippen LogP contribution in [0.1, 0.15) is 24.8 Å². The maximum atomic E-state index is 2.35. The van der Waals surface area contributed by atoms with E-state index in [1.54, 1.807) is 5.56 Å². The Morgan fingerprint density at radius 1 is 1.12 bits per heavy atom. The molecule has 0 saturated carbocycles. The number of rotatable bonds is 0. The molecule has 0 spiro atoms. The first-order valence-electron chi connectivity index (χ1n) is 6.24. The molecule has 0 N–H and O–H groups in total. The number of hydrogen-bond acceptors (Lipinski definition) is 0. The molecule has 0 heteroatoms. The Morgan fingerprint density at radius 2 is 2.06 bits per heavy atom. The summed E-state index contributed by atoms with van der Waals surface area (Å²) in [6.45, 7) is 2.27. The van der Waals surface area contributed by atoms with Crippen LogP contribution in [0.5, 0.6) is 0 Å². The highest BCUT2D eigenvalue weighted by atomic mass is 14.2. The Hall–Kier alpha value is -1.82. The maximum absolute atomic E-state index is 2.35. The molecule has 0 radical (unpaired) electrons. The molecule has 0 aliphatic heterocycles. The molecule has 4 rings (SSSR count). The molecule has 2 aromatic carbocycles. The Labute approximate surface area is 101 Å². The SMILES string of the molecule is CC1=c2cccc3ccc4c(c23)C(C=CC=4)C1. The van der Waals surface area contributed by atoms with Crippen molar-refractivity contribution in [1.82, 2.24) is 0 Å². The predicted octanol–water partition coefficient (Wildman–Crippen LogP) is 2.85. The van der Waals surface area contributed by atoms with Crippen molar-refractivity contribution in [3.05, 3.63) is 58.5 Å². The number of allylic oxidation sites excluding steroid dienone is 2. The van der Waals surface area contributed by atoms with Crippen molar-refractivity contribution in [2.24, 2.45) is 0 Å². The van der Waals surface area contributed by atoms with Crippen LogP contribution in [0.15, 0.2) is 42.5 Å². The normalized spacial score (nSPS) is 20.5. The third-order valence-electron chi connectivity index (χ3n) is 4.10. The van der Waals surface area contributed by atoms with Crippen LogP contribution in [-0.2, 0) is 0 Å². The van der Waals surface area contributed by atoms with Gasteiger partial charge in [-0.25, -0.2) is 0 Å². The molecule has 82 valence electrons. The van der Waals surface area contributed by atoms with Crippen LogP contribution in [0.3, 0.4) is 0 Å². The highest BCUT2D eigenvalue weighted by Gasteiger charge is 2.20. The van der Waals surface area contributed by atoms with Crippen molar-refractivity contribution in [3.63, 3.8) is 0 Å². The largest absolute Gasteiger partial charge is 0.0766 e. The van der Waals surface area contributed by atoms with Crippen molar-refractivity contribution >= 4 is 22.4 Å². The Morgan fingerprint density at radius 3 is 3.00 bits per heavy atom. The van der Waals surface area contributed by atoms with E-state index >= 15 is 0 Å². The number of benzene rings is 2. The highest BCUT2D eigenvalue weighted by molar-refractivity contribution is 5.90. The lowest BCUT2D eigenvalue weighted by molar-refractivity contribution is 0.855. The minimum Gasteiger partial charge on any atom is -0.0766 e. The maximum Gasteiger partial charge on any atom is 0.00708 e. The lowest BCUT2D eigenvalue weighted by Gasteiger charge is -2.24. The minimum absolute atomic E-state index is 0.591. The van der Waals surface area contributed by atoms with E-state index < -0.39 is 0 Å². The molecule has 0 heterocycles. The van der Waals surface area contributed by atoms with Gasteiger partial charge in [-0.3, -0.25) is 0 Å². The number of hydrogen-bond donors (Lipinski definition) is 0. The van der Waals surface area contributed by atoms with Crippen LogP contribution in [0.25, 0.3) is 22.4 Å². The lowest BCUT2D eigenvalue weighted by atomic mass is 9.79. The Bertz CT molecular complexity index is 776. The second-order valence-electron chi connectivity index (χ2n) is 5.11. The molecular weight excluding hydrogens is 204 g/mol. The first-order valence-corrected chi connectivity index (χ1v) is 6.24. The van der Waals surface area contributed by atoms with Gasteiger partial charge in [-0.1, -0.05) is 54.1 Å². The van der Waals surface area contributed by atoms with Crippen LogP contribution in [0, 0.1) is 0 Å². The fourth-order valence-corrected chi connectivity index (χ4v) is 3.32. The molecule has 2 aliphatic carbocycles. The fraction of sp³-hybridized carbons (Fsp3) is 0.176. The smallest absolute Gasteiger partial charge is 0.00708 e. The summed E-state index contributed by atoms with van der Waals surface area (Å²) >= 11 is 0. The zero-order valence-electron chi connectivity index (χ0n) is 9.90. The molecule has 2 aromatic rings. The van der Waals surface area contributed by atoms with Gasteiger partial charge in [0.15, 0.2) is 0 Å². The van der Waals surface area contributed by atoms with Crippen LogP contribution in [-0.4, -0.2) is 0 Å². The van der Waals surface area contributed by atoms with E-state index in [4.69, 9.17) is 0 Å². The summed E-state index contributed by atoms with van der Waals surface area (Å²) in [5, 5.41) is 5.73. The molecule has 0 saturated heterocycles. The van der Waals surface area contributed by atoms with Gasteiger partial charge in [0.2, 0.25) is 0 Å². The van der Waals surface area contributed by atoms with Crippen molar-refractivity contribution in [2.75, 3.05) is 0 Å². The van der Waals surface area contributed by atoms with Gasteiger partial charge in [-0.05, 0) is 40.1 Å². The molecule has 1 atom stereocenters. The van der Waals surface area contributed by atoms with E-state index in [1.807, 2.05) is 0 Å². The molecule has 0 aromatic heterocycles. The third kappa shape index (κ3) is 1.13. The zero-order valence-corrected chi connectivity index (χ0v) is 9.90. The van der Waals surface area contributed by atoms with Crippen LogP contribution in [0.4, 0.5) is 0 Å². The van der Waals surface area contributed by atoms with Gasteiger partial charge >= 0.3 is 0 Å². The van der Waals surface area contributed by atoms with Gasteiger partial charge in [0.05, 0.1) is 0 Å². The summed E-state index contributed by atoms with van der Waals surface area (Å²) in [6.07, 6.45) is 7.97. The fourth-order valence-electron chi connectivity index (χ4n) is 3.32. The van der Waals surface area contributed by atoms with Gasteiger partial charge in [0.1, 0.15) is 0 Å². The summed E-state index contributed by atoms with van der Waals surface area (Å²) in [7, 11) is 0. The van der Waals surface area contributed by atoms with Gasteiger partial charge in [0, 0.05) is 5.92 Å². The quantitative estimate of drug-likeness (QED) is 0.638. The third-order valence-corrected chi connectivity index (χ3v) is 4.10. The van der Waals surface area contributed by atoms with Gasteiger partial charge in [0.25, 0.3) is 0 Å². The molecule has 17 heavy (non-hydrogen) atoms. The first kappa shape index (κ1) is 9.23. The monoisotopic (exact) mass is 218 g/mol. The molecule has 0 bridgehead atoms. The van der Waals surface area contributed by atoms with Crippen LogP contribution >= 0.6 is 0 Å². The summed E-state index contributed by atoms with van der Waals surface area (Å²) in [5.74, 6) is 0.591. The lowest BCUT2D eigenvalue weighted by Crippen LogP contribution is -2.24. The van der Waals surface area contributed by atoms with E-state index in [0.29, 0.717) is 5.92 Å². The minimum atomic E-state index is 0.591. The molecule has 2 aliphatic rings. The average molecular weight is 218 g/mol. The van der Waals surface area contributed by atoms with Crippen LogP contribution < -0.4 is 10.4 Å². The summed E-state index contributed by atoms with van der Waals surface area (Å²) in [5.41, 5.74) is 3.07. The second-order valence-corrected chi connectivity index (χ2v) is 5.11. The van der Waals surface area contributed by atoms with Crippen molar-refractivity contribution in [2.45, 2.75) is 19.3 Å². The first-order chi connectivity index (χ1) is 8.34. The van der Waals surface area contributed by atoms with Crippen LogP contribution in [0.2, 0.25) is 0 Å². The summed E-state index contributed by atoms with van der Waals surface area (Å²) in [4.78, 5) is 0. The van der Waals surface area contributed by atoms with E-state index in [2.05, 4.69) is 55.5 Å². The van der Waals surface area contributed by atoms with Gasteiger partial charge in [-0.2, -0.15) is 0 Å². The summed E-state index contributed by atoms with van der Waals surface area (Å²) in [6, 6.07) is 11.2. The molecule has 0 nitrogen and oxygen atoms in total. The van der Waals surface area contributed by atoms with Crippen molar-refractivity contribution in [3.8, 4) is 0 Å². The second kappa shape index (κ2) is 3.10. The van der Waals surface area contributed by atoms with E-state index in [9.17, 15) is 0 Å². The Kier molecular flexibility index (Phi) is 1.69. The Balaban J connectivity index is 2.38. The van der Waals surface area contributed by atoms with Gasteiger partial charge < -0.3 is 0 Å². The van der Waals surface area contributed by atoms with E-state index in [1.165, 1.54) is 33.2 Å². The van der Waals surface area contributed by atoms with Crippen molar-refractivity contribution in [1.29, 1.82) is 0 Å². The van der Waals surface area contributed by atoms with E-state index in [0.717, 1.165) is 0 Å². The molecule has 0 amide bonds. The zero-order chi connectivity index (χ0) is 11.4. The van der Waals surface area contributed by atoms with Gasteiger partial charge in [-0.15, -0.1) is 0 Å². The van der Waals surface area contributed by atoms with Crippen molar-refractivity contribution < 1.29 is 0 Å². The average Bonchev–Trinajstić information content (AvgIpc) is 2.37. The highest BCUT2D eigenvalue weighted by Crippen LogP contribution is 2.32. The predicted molar refractivity (Wildman–Crippen MR) is 73.2 cm³/mol.